The molecule has 6 rings (SSSR count). The number of aromatic nitrogens is 2. The number of carbonyl (C=O) groups is 2. The summed E-state index contributed by atoms with van der Waals surface area (Å²) in [4.78, 5) is 34.0. The molecule has 4 atom stereocenters. The smallest absolute Gasteiger partial charge is 0.412 e. The lowest BCUT2D eigenvalue weighted by Gasteiger charge is -2.23. The van der Waals surface area contributed by atoms with Crippen LogP contribution in [0.3, 0.4) is 0 Å². The summed E-state index contributed by atoms with van der Waals surface area (Å²) in [5.74, 6) is -2.09. The molecule has 1 unspecified atom stereocenters. The minimum absolute atomic E-state index is 0.181. The molecule has 0 spiro atoms. The van der Waals surface area contributed by atoms with Crippen molar-refractivity contribution in [2.24, 2.45) is 5.73 Å². The number of nitrogens with zero attached hydrogens (tertiary/aromatic N) is 2. The minimum Gasteiger partial charge on any atom is -0.439 e. The third-order valence-electron chi connectivity index (χ3n) is 8.40. The van der Waals surface area contributed by atoms with Crippen LogP contribution in [0.1, 0.15) is 64.4 Å². The van der Waals surface area contributed by atoms with Gasteiger partial charge < -0.3 is 21.0 Å². The van der Waals surface area contributed by atoms with Crippen molar-refractivity contribution >= 4 is 23.9 Å². The van der Waals surface area contributed by atoms with Crippen molar-refractivity contribution in [2.45, 2.75) is 49.2 Å². The largest absolute Gasteiger partial charge is 0.439 e. The molecular weight excluding hydrogens is 540 g/mol. The fourth-order valence-electron chi connectivity index (χ4n) is 6.35. The summed E-state index contributed by atoms with van der Waals surface area (Å²) in [6, 6.07) is 15.9. The van der Waals surface area contributed by atoms with Gasteiger partial charge in [0.25, 0.3) is 0 Å². The number of anilines is 2. The molecule has 8 nitrogen and oxygen atoms in total. The molecule has 214 valence electrons. The predicted molar refractivity (Wildman–Crippen MR) is 153 cm³/mol. The lowest BCUT2D eigenvalue weighted by Crippen LogP contribution is -2.30. The summed E-state index contributed by atoms with van der Waals surface area (Å²) < 4.78 is 34.6. The summed E-state index contributed by atoms with van der Waals surface area (Å²) in [6.45, 7) is 0. The number of hydrogen-bond donors (Lipinski definition) is 3. The van der Waals surface area contributed by atoms with Gasteiger partial charge in [-0.15, -0.1) is 0 Å². The van der Waals surface area contributed by atoms with E-state index < -0.39 is 41.2 Å². The number of rotatable bonds is 5. The van der Waals surface area contributed by atoms with Crippen LogP contribution in [0, 0.1) is 11.6 Å². The van der Waals surface area contributed by atoms with Gasteiger partial charge in [0.05, 0.1) is 11.1 Å². The first-order valence-electron chi connectivity index (χ1n) is 13.7. The second-order valence-corrected chi connectivity index (χ2v) is 10.9. The number of nitrogen functional groups attached to an aromatic ring is 1. The van der Waals surface area contributed by atoms with E-state index in [4.69, 9.17) is 16.2 Å². The van der Waals surface area contributed by atoms with Gasteiger partial charge in [0.1, 0.15) is 18.2 Å². The Bertz CT molecular complexity index is 1680. The van der Waals surface area contributed by atoms with Crippen LogP contribution in [-0.2, 0) is 27.8 Å². The van der Waals surface area contributed by atoms with E-state index in [9.17, 15) is 18.4 Å². The molecule has 0 aliphatic heterocycles. The van der Waals surface area contributed by atoms with E-state index in [2.05, 4.69) is 15.3 Å². The van der Waals surface area contributed by atoms with E-state index in [1.165, 1.54) is 12.1 Å². The SMILES string of the molecule is Nc1ncccc1C1(C=O)Cc2ccc(NC(=O)O[C@@H]3CC[C@@H](c4cccc(F)c4F)[C@H](N)c4cccnc43)cc2C1. The van der Waals surface area contributed by atoms with Gasteiger partial charge in [-0.1, -0.05) is 30.3 Å². The Morgan fingerprint density at radius 3 is 2.55 bits per heavy atom. The number of carbonyl (C=O) groups excluding carboxylic acids is 2. The van der Waals surface area contributed by atoms with Gasteiger partial charge in [-0.25, -0.2) is 18.6 Å². The molecule has 0 radical (unpaired) electrons. The lowest BCUT2D eigenvalue weighted by atomic mass is 9.79. The minimum atomic E-state index is -0.939. The van der Waals surface area contributed by atoms with Gasteiger partial charge in [0, 0.05) is 35.6 Å². The molecule has 2 aromatic carbocycles. The Labute approximate surface area is 241 Å². The highest BCUT2D eigenvalue weighted by atomic mass is 19.2. The number of ether oxygens (including phenoxy) is 1. The van der Waals surface area contributed by atoms with Gasteiger partial charge in [-0.05, 0) is 78.3 Å². The molecule has 4 aromatic rings. The van der Waals surface area contributed by atoms with Crippen molar-refractivity contribution in [2.75, 3.05) is 11.1 Å². The quantitative estimate of drug-likeness (QED) is 0.215. The second kappa shape index (κ2) is 10.9. The summed E-state index contributed by atoms with van der Waals surface area (Å²) in [6.07, 6.45) is 4.19. The van der Waals surface area contributed by atoms with Crippen molar-refractivity contribution in [3.8, 4) is 0 Å². The maximum absolute atomic E-state index is 14.7. The molecule has 0 saturated heterocycles. The fourth-order valence-corrected chi connectivity index (χ4v) is 6.35. The van der Waals surface area contributed by atoms with Crippen LogP contribution < -0.4 is 16.8 Å². The van der Waals surface area contributed by atoms with E-state index in [-0.39, 0.29) is 5.56 Å². The normalized spacial score (nSPS) is 22.9. The van der Waals surface area contributed by atoms with Crippen molar-refractivity contribution in [3.63, 3.8) is 0 Å². The maximum atomic E-state index is 14.7. The number of hydrogen-bond acceptors (Lipinski definition) is 7. The van der Waals surface area contributed by atoms with E-state index >= 15 is 0 Å². The Kier molecular flexibility index (Phi) is 7.16. The van der Waals surface area contributed by atoms with Crippen molar-refractivity contribution < 1.29 is 23.1 Å². The molecule has 2 aliphatic rings. The van der Waals surface area contributed by atoms with Crippen molar-refractivity contribution in [1.29, 1.82) is 0 Å². The number of halogens is 2. The average molecular weight is 570 g/mol. The van der Waals surface area contributed by atoms with Gasteiger partial charge >= 0.3 is 6.09 Å². The zero-order valence-corrected chi connectivity index (χ0v) is 22.6. The molecular formula is C32H29F2N5O3. The number of aldehydes is 1. The number of amides is 1. The molecule has 0 saturated carbocycles. The van der Waals surface area contributed by atoms with Crippen LogP contribution in [-0.4, -0.2) is 22.3 Å². The third kappa shape index (κ3) is 4.87. The molecule has 0 bridgehead atoms. The molecule has 2 aliphatic carbocycles. The van der Waals surface area contributed by atoms with Crippen molar-refractivity contribution in [3.05, 3.63) is 118 Å². The highest BCUT2D eigenvalue weighted by Gasteiger charge is 2.41. The van der Waals surface area contributed by atoms with Crippen LogP contribution in [0.15, 0.2) is 73.1 Å². The van der Waals surface area contributed by atoms with Crippen LogP contribution in [0.4, 0.5) is 25.1 Å². The van der Waals surface area contributed by atoms with E-state index in [0.717, 1.165) is 23.5 Å². The predicted octanol–water partition coefficient (Wildman–Crippen LogP) is 5.44. The Hall–Kier alpha value is -4.70. The van der Waals surface area contributed by atoms with E-state index in [1.807, 2.05) is 18.2 Å². The van der Waals surface area contributed by atoms with Gasteiger partial charge in [0.2, 0.25) is 0 Å². The van der Waals surface area contributed by atoms with Gasteiger partial charge in [-0.2, -0.15) is 0 Å². The topological polar surface area (TPSA) is 133 Å². The first-order chi connectivity index (χ1) is 20.3. The summed E-state index contributed by atoms with van der Waals surface area (Å²) >= 11 is 0. The Balaban J connectivity index is 1.20. The first-order valence-corrected chi connectivity index (χ1v) is 13.7. The highest BCUT2D eigenvalue weighted by molar-refractivity contribution is 5.85. The Morgan fingerprint density at radius 2 is 1.74 bits per heavy atom. The maximum Gasteiger partial charge on any atom is 0.412 e. The standard InChI is InChI=1S/C32H29F2N5O3/c33-25-7-1-4-21(27(25)34)22-10-11-26(29-23(28(22)35)5-2-12-37-29)42-31(41)39-20-9-8-18-15-32(17-40,16-19(18)14-20)24-6-3-13-38-30(24)36/h1-9,12-14,17,22,26,28H,10-11,15-16,35H2,(H2,36,38)(H,39,41)/t22-,26+,28-,32?/m0/s1. The van der Waals surface area contributed by atoms with Crippen LogP contribution >= 0.6 is 0 Å². The molecule has 10 heteroatoms. The van der Waals surface area contributed by atoms with Crippen molar-refractivity contribution in [1.82, 2.24) is 9.97 Å². The van der Waals surface area contributed by atoms with E-state index in [0.29, 0.717) is 54.0 Å². The lowest BCUT2D eigenvalue weighted by molar-refractivity contribution is -0.112. The first kappa shape index (κ1) is 27.5. The monoisotopic (exact) mass is 569 g/mol. The van der Waals surface area contributed by atoms with Crippen LogP contribution in [0.25, 0.3) is 0 Å². The molecule has 2 aromatic heterocycles. The molecule has 0 fully saturated rings. The van der Waals surface area contributed by atoms with Crippen LogP contribution in [0.5, 0.6) is 0 Å². The molecule has 2 heterocycles. The fraction of sp³-hybridized carbons (Fsp3) is 0.250. The number of pyridine rings is 2. The summed E-state index contributed by atoms with van der Waals surface area (Å²) in [7, 11) is 0. The molecule has 42 heavy (non-hydrogen) atoms. The third-order valence-corrected chi connectivity index (χ3v) is 8.40. The zero-order valence-electron chi connectivity index (χ0n) is 22.6. The summed E-state index contributed by atoms with van der Waals surface area (Å²) in [5, 5.41) is 2.78. The molecule has 1 amide bonds. The average Bonchev–Trinajstić information content (AvgIpc) is 3.31. The number of fused-ring (bicyclic) bond motifs is 2. The number of benzene rings is 2. The van der Waals surface area contributed by atoms with E-state index in [1.54, 1.807) is 36.7 Å². The number of nitrogens with one attached hydrogen (secondary N) is 1. The Morgan fingerprint density at radius 1 is 0.976 bits per heavy atom. The van der Waals surface area contributed by atoms with Gasteiger partial charge in [-0.3, -0.25) is 10.3 Å². The van der Waals surface area contributed by atoms with Gasteiger partial charge in [0.15, 0.2) is 11.6 Å². The number of nitrogens with two attached hydrogens (primary N) is 2. The molecule has 5 N–H and O–H groups in total. The second-order valence-electron chi connectivity index (χ2n) is 10.9. The van der Waals surface area contributed by atoms with Crippen LogP contribution in [0.2, 0.25) is 0 Å². The zero-order chi connectivity index (χ0) is 29.4. The highest BCUT2D eigenvalue weighted by Crippen LogP contribution is 2.44. The summed E-state index contributed by atoms with van der Waals surface area (Å²) in [5.41, 5.74) is 16.2.